The summed E-state index contributed by atoms with van der Waals surface area (Å²) in [6, 6.07) is 7.69. The second kappa shape index (κ2) is 6.19. The van der Waals surface area contributed by atoms with E-state index in [1.165, 1.54) is 0 Å². The van der Waals surface area contributed by atoms with Crippen LogP contribution in [0.3, 0.4) is 0 Å². The fourth-order valence-electron chi connectivity index (χ4n) is 1.53. The number of halogens is 1. The summed E-state index contributed by atoms with van der Waals surface area (Å²) in [5.74, 6) is 0.821. The van der Waals surface area contributed by atoms with Gasteiger partial charge < -0.3 is 14.2 Å². The van der Waals surface area contributed by atoms with Crippen molar-refractivity contribution >= 4 is 15.9 Å². The monoisotopic (exact) mass is 297 g/mol. The first-order valence-corrected chi connectivity index (χ1v) is 6.21. The van der Waals surface area contributed by atoms with Crippen LogP contribution in [0.15, 0.2) is 35.3 Å². The van der Waals surface area contributed by atoms with Crippen molar-refractivity contribution in [3.8, 4) is 5.75 Å². The van der Waals surface area contributed by atoms with Gasteiger partial charge in [0.2, 0.25) is 0 Å². The largest absolute Gasteiger partial charge is 0.491 e. The minimum absolute atomic E-state index is 0.0633. The van der Waals surface area contributed by atoms with Crippen molar-refractivity contribution in [3.05, 3.63) is 41.4 Å². The molecule has 4 heteroatoms. The molecule has 17 heavy (non-hydrogen) atoms. The quantitative estimate of drug-likeness (QED) is 0.855. The fraction of sp³-hybridized carbons (Fsp3) is 0.385. The summed E-state index contributed by atoms with van der Waals surface area (Å²) in [5, 5.41) is 0. The van der Waals surface area contributed by atoms with Crippen LogP contribution < -0.4 is 4.74 Å². The van der Waals surface area contributed by atoms with Gasteiger partial charge in [-0.15, -0.1) is 0 Å². The van der Waals surface area contributed by atoms with Gasteiger partial charge in [-0.2, -0.15) is 0 Å². The first-order chi connectivity index (χ1) is 8.28. The predicted molar refractivity (Wildman–Crippen MR) is 68.0 cm³/mol. The van der Waals surface area contributed by atoms with Gasteiger partial charge in [0.25, 0.3) is 0 Å². The lowest BCUT2D eigenvalue weighted by atomic mass is 10.3. The van der Waals surface area contributed by atoms with E-state index < -0.39 is 0 Å². The first kappa shape index (κ1) is 12.6. The molecule has 0 amide bonds. The van der Waals surface area contributed by atoms with Crippen LogP contribution in [0.2, 0.25) is 0 Å². The van der Waals surface area contributed by atoms with Crippen molar-refractivity contribution in [2.75, 3.05) is 19.8 Å². The smallest absolute Gasteiger partial charge is 0.119 e. The molecule has 3 nitrogen and oxygen atoms in total. The minimum Gasteiger partial charge on any atom is -0.491 e. The Morgan fingerprint density at radius 1 is 1.35 bits per heavy atom. The van der Waals surface area contributed by atoms with Gasteiger partial charge in [0.1, 0.15) is 24.6 Å². The summed E-state index contributed by atoms with van der Waals surface area (Å²) < 4.78 is 17.7. The summed E-state index contributed by atoms with van der Waals surface area (Å²) in [6.45, 7) is 5.12. The van der Waals surface area contributed by atoms with Gasteiger partial charge >= 0.3 is 0 Å². The van der Waals surface area contributed by atoms with E-state index in [0.29, 0.717) is 19.8 Å². The minimum atomic E-state index is -0.151. The Labute approximate surface area is 109 Å². The average Bonchev–Trinajstić information content (AvgIpc) is 2.38. The number of hydrogen-bond donors (Lipinski definition) is 0. The molecule has 0 saturated carbocycles. The van der Waals surface area contributed by atoms with E-state index in [1.807, 2.05) is 24.3 Å². The van der Waals surface area contributed by atoms with Crippen molar-refractivity contribution in [1.29, 1.82) is 0 Å². The van der Waals surface area contributed by atoms with Crippen molar-refractivity contribution in [3.63, 3.8) is 0 Å². The van der Waals surface area contributed by atoms with Gasteiger partial charge in [-0.25, -0.2) is 0 Å². The van der Waals surface area contributed by atoms with E-state index >= 15 is 0 Å². The molecular weight excluding hydrogens is 284 g/mol. The van der Waals surface area contributed by atoms with Gasteiger partial charge in [-0.1, -0.05) is 22.5 Å². The molecule has 2 unspecified atom stereocenters. The van der Waals surface area contributed by atoms with Gasteiger partial charge in [-0.05, 0) is 30.3 Å². The van der Waals surface area contributed by atoms with E-state index in [-0.39, 0.29) is 12.2 Å². The molecule has 0 N–H and O–H groups in total. The second-order valence-electron chi connectivity index (χ2n) is 3.75. The summed E-state index contributed by atoms with van der Waals surface area (Å²) >= 11 is 3.37. The predicted octanol–water partition coefficient (Wildman–Crippen LogP) is 2.60. The maximum Gasteiger partial charge on any atom is 0.119 e. The third-order valence-electron chi connectivity index (χ3n) is 2.41. The third-order valence-corrected chi connectivity index (χ3v) is 2.94. The van der Waals surface area contributed by atoms with Crippen molar-refractivity contribution in [1.82, 2.24) is 0 Å². The SMILES string of the molecule is C=[C]C1COCC(COc2ccc(Br)cc2)O1. The molecule has 1 aliphatic heterocycles. The summed E-state index contributed by atoms with van der Waals surface area (Å²) in [6.07, 6.45) is 2.57. The van der Waals surface area contributed by atoms with Gasteiger partial charge in [0.15, 0.2) is 0 Å². The average molecular weight is 298 g/mol. The number of benzene rings is 1. The molecule has 91 valence electrons. The molecule has 0 aliphatic carbocycles. The van der Waals surface area contributed by atoms with Crippen molar-refractivity contribution in [2.24, 2.45) is 0 Å². The highest BCUT2D eigenvalue weighted by molar-refractivity contribution is 9.10. The lowest BCUT2D eigenvalue weighted by Crippen LogP contribution is -2.38. The highest BCUT2D eigenvalue weighted by Crippen LogP contribution is 2.17. The Morgan fingerprint density at radius 3 is 2.82 bits per heavy atom. The van der Waals surface area contributed by atoms with Crippen LogP contribution in [0.4, 0.5) is 0 Å². The van der Waals surface area contributed by atoms with E-state index in [4.69, 9.17) is 14.2 Å². The van der Waals surface area contributed by atoms with Crippen LogP contribution in [-0.4, -0.2) is 32.0 Å². The van der Waals surface area contributed by atoms with Crippen LogP contribution in [-0.2, 0) is 9.47 Å². The third kappa shape index (κ3) is 3.84. The molecule has 1 fully saturated rings. The molecule has 1 radical (unpaired) electrons. The van der Waals surface area contributed by atoms with Crippen LogP contribution >= 0.6 is 15.9 Å². The van der Waals surface area contributed by atoms with E-state index in [0.717, 1.165) is 10.2 Å². The molecule has 1 aromatic carbocycles. The number of ether oxygens (including phenoxy) is 3. The normalized spacial score (nSPS) is 24.3. The Hall–Kier alpha value is -0.840. The lowest BCUT2D eigenvalue weighted by molar-refractivity contribution is -0.133. The molecule has 2 atom stereocenters. The van der Waals surface area contributed by atoms with Crippen LogP contribution in [0.5, 0.6) is 5.75 Å². The Bertz CT molecular complexity index is 363. The Morgan fingerprint density at radius 2 is 2.12 bits per heavy atom. The number of rotatable bonds is 4. The molecular formula is C13H14BrO3. The topological polar surface area (TPSA) is 27.7 Å². The Balaban J connectivity index is 1.81. The van der Waals surface area contributed by atoms with Crippen LogP contribution in [0.25, 0.3) is 0 Å². The van der Waals surface area contributed by atoms with Crippen LogP contribution in [0.1, 0.15) is 0 Å². The maximum absolute atomic E-state index is 5.65. The molecule has 1 heterocycles. The lowest BCUT2D eigenvalue weighted by Gasteiger charge is -2.27. The molecule has 1 saturated heterocycles. The van der Waals surface area contributed by atoms with Crippen LogP contribution in [0, 0.1) is 6.08 Å². The molecule has 2 rings (SSSR count). The summed E-state index contributed by atoms with van der Waals surface area (Å²) in [5.41, 5.74) is 0. The fourth-order valence-corrected chi connectivity index (χ4v) is 1.80. The van der Waals surface area contributed by atoms with E-state index in [9.17, 15) is 0 Å². The number of hydrogen-bond acceptors (Lipinski definition) is 3. The summed E-state index contributed by atoms with van der Waals surface area (Å²) in [7, 11) is 0. The zero-order valence-corrected chi connectivity index (χ0v) is 11.0. The first-order valence-electron chi connectivity index (χ1n) is 5.42. The van der Waals surface area contributed by atoms with Gasteiger partial charge in [0.05, 0.1) is 13.2 Å². The highest BCUT2D eigenvalue weighted by Gasteiger charge is 2.21. The maximum atomic E-state index is 5.65. The van der Waals surface area contributed by atoms with E-state index in [1.54, 1.807) is 0 Å². The standard InChI is InChI=1S/C13H14BrO3/c1-2-11-7-15-8-13(17-11)9-16-12-5-3-10(14)4-6-12/h3-6,11,13H,1,7-9H2. The van der Waals surface area contributed by atoms with Crippen molar-refractivity contribution < 1.29 is 14.2 Å². The van der Waals surface area contributed by atoms with Crippen molar-refractivity contribution in [2.45, 2.75) is 12.2 Å². The zero-order chi connectivity index (χ0) is 12.1. The second-order valence-corrected chi connectivity index (χ2v) is 4.67. The zero-order valence-electron chi connectivity index (χ0n) is 9.40. The van der Waals surface area contributed by atoms with E-state index in [2.05, 4.69) is 28.6 Å². The molecule has 1 aliphatic rings. The highest BCUT2D eigenvalue weighted by atomic mass is 79.9. The summed E-state index contributed by atoms with van der Waals surface area (Å²) in [4.78, 5) is 0. The molecule has 0 aromatic heterocycles. The van der Waals surface area contributed by atoms with Gasteiger partial charge in [-0.3, -0.25) is 0 Å². The van der Waals surface area contributed by atoms with Gasteiger partial charge in [0, 0.05) is 4.47 Å². The molecule has 1 aromatic rings. The molecule has 0 bridgehead atoms. The Kier molecular flexibility index (Phi) is 4.59. The molecule has 0 spiro atoms.